The minimum Gasteiger partial charge on any atom is -0.486 e. The molecule has 0 bridgehead atoms. The molecule has 0 saturated carbocycles. The van der Waals surface area contributed by atoms with E-state index in [0.717, 1.165) is 10.0 Å². The molecule has 1 aliphatic heterocycles. The highest BCUT2D eigenvalue weighted by Gasteiger charge is 2.33. The molecule has 1 amide bonds. The topological polar surface area (TPSA) is 29.5 Å². The first-order valence-corrected chi connectivity index (χ1v) is 13.3. The Morgan fingerprint density at radius 1 is 1.06 bits per heavy atom. The van der Waals surface area contributed by atoms with E-state index in [2.05, 4.69) is 47.8 Å². The summed E-state index contributed by atoms with van der Waals surface area (Å²) in [7, 11) is 0. The number of ether oxygens (including phenoxy) is 1. The van der Waals surface area contributed by atoms with E-state index >= 15 is 0 Å². The Bertz CT molecular complexity index is 1300. The van der Waals surface area contributed by atoms with Crippen molar-refractivity contribution >= 4 is 105 Å². The molecule has 1 saturated heterocycles. The monoisotopic (exact) mass is 689 g/mol. The van der Waals surface area contributed by atoms with Gasteiger partial charge in [0.2, 0.25) is 0 Å². The fourth-order valence-corrected chi connectivity index (χ4v) is 6.20. The second-order valence-corrected chi connectivity index (χ2v) is 11.5. The molecule has 10 heteroatoms. The van der Waals surface area contributed by atoms with E-state index in [1.165, 1.54) is 22.7 Å². The van der Waals surface area contributed by atoms with E-state index in [-0.39, 0.29) is 18.3 Å². The molecule has 4 rings (SSSR count). The van der Waals surface area contributed by atoms with Crippen LogP contribution < -0.4 is 9.64 Å². The normalized spacial score (nSPS) is 14.9. The van der Waals surface area contributed by atoms with Gasteiger partial charge in [-0.2, -0.15) is 0 Å². The van der Waals surface area contributed by atoms with E-state index in [9.17, 15) is 9.18 Å². The van der Waals surface area contributed by atoms with Crippen molar-refractivity contribution < 1.29 is 13.9 Å². The van der Waals surface area contributed by atoms with Gasteiger partial charge in [-0.25, -0.2) is 4.39 Å². The van der Waals surface area contributed by atoms with Crippen LogP contribution in [-0.4, -0.2) is 10.2 Å². The van der Waals surface area contributed by atoms with Gasteiger partial charge in [0.25, 0.3) is 5.91 Å². The van der Waals surface area contributed by atoms with Gasteiger partial charge in [0.05, 0.1) is 24.6 Å². The number of hydrogen-bond donors (Lipinski definition) is 0. The van der Waals surface area contributed by atoms with Crippen LogP contribution in [0.2, 0.25) is 5.02 Å². The zero-order chi connectivity index (χ0) is 23.7. The van der Waals surface area contributed by atoms with E-state index in [1.54, 1.807) is 42.5 Å². The van der Waals surface area contributed by atoms with Crippen LogP contribution >= 0.6 is 83.4 Å². The maximum Gasteiger partial charge on any atom is 0.270 e. The fraction of sp³-hybridized carbons (Fsp3) is 0.0435. The number of thioether (sulfide) groups is 1. The maximum atomic E-state index is 13.9. The van der Waals surface area contributed by atoms with Gasteiger partial charge < -0.3 is 4.74 Å². The molecular formula is C23H12Br3ClFNO2S2. The Morgan fingerprint density at radius 3 is 2.42 bits per heavy atom. The van der Waals surface area contributed by atoms with Gasteiger partial charge >= 0.3 is 0 Å². The van der Waals surface area contributed by atoms with Gasteiger partial charge in [0.1, 0.15) is 18.2 Å². The second kappa shape index (κ2) is 10.6. The molecule has 0 spiro atoms. The molecule has 33 heavy (non-hydrogen) atoms. The summed E-state index contributed by atoms with van der Waals surface area (Å²) in [5.74, 6) is -0.0153. The van der Waals surface area contributed by atoms with Crippen LogP contribution in [0.15, 0.2) is 72.9 Å². The molecular weight excluding hydrogens is 681 g/mol. The summed E-state index contributed by atoms with van der Waals surface area (Å²) in [5, 5.41) is 0.490. The average molecular weight is 693 g/mol. The first-order chi connectivity index (χ1) is 15.7. The third kappa shape index (κ3) is 5.55. The van der Waals surface area contributed by atoms with Crippen LogP contribution in [0.1, 0.15) is 11.1 Å². The first-order valence-electron chi connectivity index (χ1n) is 9.33. The minimum absolute atomic E-state index is 0.0810. The average Bonchev–Trinajstić information content (AvgIpc) is 3.03. The lowest BCUT2D eigenvalue weighted by molar-refractivity contribution is -0.113. The van der Waals surface area contributed by atoms with Crippen LogP contribution in [0.3, 0.4) is 0 Å². The molecule has 1 aliphatic rings. The number of hydrogen-bond acceptors (Lipinski definition) is 4. The second-order valence-electron chi connectivity index (χ2n) is 6.81. The third-order valence-corrected chi connectivity index (χ3v) is 8.32. The molecule has 0 atom stereocenters. The van der Waals surface area contributed by atoms with Crippen LogP contribution in [0.5, 0.6) is 5.75 Å². The molecule has 3 aromatic rings. The number of rotatable bonds is 5. The maximum absolute atomic E-state index is 13.9. The number of benzene rings is 3. The zero-order valence-corrected chi connectivity index (χ0v) is 23.6. The Morgan fingerprint density at radius 2 is 1.76 bits per heavy atom. The van der Waals surface area contributed by atoms with E-state index in [4.69, 9.17) is 28.6 Å². The number of carbonyl (C=O) groups is 1. The predicted octanol–water partition coefficient (Wildman–Crippen LogP) is 8.75. The summed E-state index contributed by atoms with van der Waals surface area (Å²) in [4.78, 5) is 15.0. The number of halogens is 5. The van der Waals surface area contributed by atoms with Gasteiger partial charge in [-0.1, -0.05) is 53.8 Å². The molecule has 0 radical (unpaired) electrons. The molecule has 0 N–H and O–H groups in total. The van der Waals surface area contributed by atoms with Crippen molar-refractivity contribution in [2.45, 2.75) is 6.61 Å². The van der Waals surface area contributed by atoms with E-state index < -0.39 is 0 Å². The van der Waals surface area contributed by atoms with Crippen molar-refractivity contribution in [3.05, 3.63) is 94.9 Å². The summed E-state index contributed by atoms with van der Waals surface area (Å²) >= 11 is 23.2. The summed E-state index contributed by atoms with van der Waals surface area (Å²) in [6.07, 6.45) is 1.76. The van der Waals surface area contributed by atoms with Gasteiger partial charge in [0.15, 0.2) is 4.32 Å². The fourth-order valence-electron chi connectivity index (χ4n) is 3.03. The molecule has 0 aliphatic carbocycles. The number of thiocarbonyl (C=S) groups is 1. The van der Waals surface area contributed by atoms with E-state index in [0.29, 0.717) is 40.2 Å². The SMILES string of the molecule is O=C1/C(=C\c2cc(Br)c(OCc3ccccc3F)c(Br)c2)SC(=S)N1c1ccc(Br)c(Cl)c1. The van der Waals surface area contributed by atoms with Crippen LogP contribution in [0.25, 0.3) is 6.08 Å². The zero-order valence-electron chi connectivity index (χ0n) is 16.5. The summed E-state index contributed by atoms with van der Waals surface area (Å²) < 4.78 is 22.2. The summed E-state index contributed by atoms with van der Waals surface area (Å²) in [5.41, 5.74) is 1.83. The number of anilines is 1. The number of nitrogens with zero attached hydrogens (tertiary/aromatic N) is 1. The smallest absolute Gasteiger partial charge is 0.270 e. The quantitative estimate of drug-likeness (QED) is 0.198. The lowest BCUT2D eigenvalue weighted by Gasteiger charge is -2.15. The highest BCUT2D eigenvalue weighted by Crippen LogP contribution is 2.40. The lowest BCUT2D eigenvalue weighted by atomic mass is 10.2. The van der Waals surface area contributed by atoms with Gasteiger partial charge in [-0.15, -0.1) is 0 Å². The van der Waals surface area contributed by atoms with Crippen molar-refractivity contribution in [2.75, 3.05) is 4.90 Å². The Kier molecular flexibility index (Phi) is 7.98. The highest BCUT2D eigenvalue weighted by molar-refractivity contribution is 9.11. The third-order valence-electron chi connectivity index (χ3n) is 4.60. The number of amides is 1. The highest BCUT2D eigenvalue weighted by atomic mass is 79.9. The molecule has 1 fully saturated rings. The molecule has 168 valence electrons. The van der Waals surface area contributed by atoms with Crippen molar-refractivity contribution in [3.63, 3.8) is 0 Å². The van der Waals surface area contributed by atoms with Crippen LogP contribution in [-0.2, 0) is 11.4 Å². The Labute approximate surface area is 229 Å². The van der Waals surface area contributed by atoms with Gasteiger partial charge in [0, 0.05) is 10.0 Å². The van der Waals surface area contributed by atoms with Crippen molar-refractivity contribution in [1.82, 2.24) is 0 Å². The van der Waals surface area contributed by atoms with Crippen LogP contribution in [0, 0.1) is 5.82 Å². The van der Waals surface area contributed by atoms with Crippen molar-refractivity contribution in [2.24, 2.45) is 0 Å². The summed E-state index contributed by atoms with van der Waals surface area (Å²) in [6, 6.07) is 15.3. The molecule has 3 nitrogen and oxygen atoms in total. The molecule has 0 unspecified atom stereocenters. The van der Waals surface area contributed by atoms with Crippen molar-refractivity contribution in [1.29, 1.82) is 0 Å². The molecule has 0 aromatic heterocycles. The van der Waals surface area contributed by atoms with Gasteiger partial charge in [-0.05, 0) is 95.8 Å². The summed E-state index contributed by atoms with van der Waals surface area (Å²) in [6.45, 7) is 0.0810. The van der Waals surface area contributed by atoms with Crippen molar-refractivity contribution in [3.8, 4) is 5.75 Å². The number of carbonyl (C=O) groups excluding carboxylic acids is 1. The van der Waals surface area contributed by atoms with E-state index in [1.807, 2.05) is 12.1 Å². The predicted molar refractivity (Wildman–Crippen MR) is 147 cm³/mol. The lowest BCUT2D eigenvalue weighted by Crippen LogP contribution is -2.27. The molecule has 3 aromatic carbocycles. The Balaban J connectivity index is 1.56. The largest absolute Gasteiger partial charge is 0.486 e. The Hall–Kier alpha value is -1.23. The molecule has 1 heterocycles. The standard InChI is InChI=1S/C23H12Br3ClFNO2S2/c24-15-6-5-14(10-18(15)27)29-22(30)20(33-23(29)32)9-12-7-16(25)21(17(26)8-12)31-11-13-3-1-2-4-19(13)28/h1-10H,11H2/b20-9+. The van der Waals surface area contributed by atoms with Gasteiger partial charge in [-0.3, -0.25) is 9.69 Å². The van der Waals surface area contributed by atoms with Crippen LogP contribution in [0.4, 0.5) is 10.1 Å². The first kappa shape index (κ1) is 24.9. The minimum atomic E-state index is -0.324.